The molecule has 1 aliphatic heterocycles. The van der Waals surface area contributed by atoms with Gasteiger partial charge in [0.25, 0.3) is 5.91 Å². The van der Waals surface area contributed by atoms with Crippen LogP contribution in [0.5, 0.6) is 0 Å². The molecule has 0 saturated carbocycles. The summed E-state index contributed by atoms with van der Waals surface area (Å²) >= 11 is 7.60. The van der Waals surface area contributed by atoms with Gasteiger partial charge in [-0.1, -0.05) is 61.1 Å². The first-order valence-electron chi connectivity index (χ1n) is 9.91. The summed E-state index contributed by atoms with van der Waals surface area (Å²) in [6.07, 6.45) is 0.759. The van der Waals surface area contributed by atoms with Crippen LogP contribution in [0.1, 0.15) is 46.6 Å². The van der Waals surface area contributed by atoms with E-state index in [2.05, 4.69) is 24.0 Å². The average Bonchev–Trinajstić information content (AvgIpc) is 3.30. The Balaban J connectivity index is 1.74. The van der Waals surface area contributed by atoms with E-state index >= 15 is 0 Å². The van der Waals surface area contributed by atoms with Gasteiger partial charge < -0.3 is 4.42 Å². The van der Waals surface area contributed by atoms with Gasteiger partial charge >= 0.3 is 0 Å². The van der Waals surface area contributed by atoms with Gasteiger partial charge in [-0.05, 0) is 35.7 Å². The minimum absolute atomic E-state index is 0.0364. The van der Waals surface area contributed by atoms with Crippen molar-refractivity contribution in [1.29, 1.82) is 0 Å². The third kappa shape index (κ3) is 3.34. The number of rotatable bonds is 4. The molecule has 2 aromatic carbocycles. The molecule has 1 atom stereocenters. The monoisotopic (exact) mass is 451 g/mol. The van der Waals surface area contributed by atoms with E-state index in [4.69, 9.17) is 16.0 Å². The van der Waals surface area contributed by atoms with Crippen molar-refractivity contribution in [3.8, 4) is 0 Å². The quantitative estimate of drug-likeness (QED) is 0.423. The van der Waals surface area contributed by atoms with Gasteiger partial charge in [-0.15, -0.1) is 10.2 Å². The molecular weight excluding hydrogens is 434 g/mol. The van der Waals surface area contributed by atoms with Crippen LogP contribution in [-0.4, -0.2) is 16.1 Å². The zero-order valence-corrected chi connectivity index (χ0v) is 18.4. The number of para-hydroxylation sites is 1. The summed E-state index contributed by atoms with van der Waals surface area (Å²) in [6, 6.07) is 13.4. The molecule has 3 heterocycles. The van der Waals surface area contributed by atoms with Crippen LogP contribution < -0.4 is 10.3 Å². The highest BCUT2D eigenvalue weighted by atomic mass is 35.5. The standard InChI is InChI=1S/C23H18ClN3O3S/c1-12(2)10-17-25-26-23(31-17)27-19(13-6-5-7-14(24)11-13)18-20(28)15-8-3-4-9-16(15)30-21(18)22(27)29/h3-9,11-12,19H,10H2,1-2H3/t19-/m0/s1. The first kappa shape index (κ1) is 19.9. The summed E-state index contributed by atoms with van der Waals surface area (Å²) in [4.78, 5) is 28.5. The van der Waals surface area contributed by atoms with Crippen LogP contribution in [0.25, 0.3) is 11.0 Å². The lowest BCUT2D eigenvalue weighted by Crippen LogP contribution is -2.29. The van der Waals surface area contributed by atoms with Crippen molar-refractivity contribution >= 4 is 44.9 Å². The minimum atomic E-state index is -0.693. The number of aromatic nitrogens is 2. The van der Waals surface area contributed by atoms with Crippen LogP contribution in [0.15, 0.2) is 57.7 Å². The molecule has 156 valence electrons. The number of carbonyl (C=O) groups is 1. The number of halogens is 1. The predicted molar refractivity (Wildman–Crippen MR) is 121 cm³/mol. The first-order valence-corrected chi connectivity index (χ1v) is 11.1. The van der Waals surface area contributed by atoms with E-state index in [-0.39, 0.29) is 11.2 Å². The van der Waals surface area contributed by atoms with E-state index in [0.29, 0.717) is 38.2 Å². The molecule has 0 saturated heterocycles. The second-order valence-corrected chi connectivity index (χ2v) is 9.36. The third-order valence-corrected chi connectivity index (χ3v) is 6.37. The highest BCUT2D eigenvalue weighted by Gasteiger charge is 2.45. The maximum absolute atomic E-state index is 13.5. The molecule has 0 fully saturated rings. The normalized spacial score (nSPS) is 15.8. The number of nitrogens with zero attached hydrogens (tertiary/aromatic N) is 3. The lowest BCUT2D eigenvalue weighted by atomic mass is 9.99. The van der Waals surface area contributed by atoms with Gasteiger partial charge in [0, 0.05) is 11.4 Å². The molecule has 0 N–H and O–H groups in total. The Bertz CT molecular complexity index is 1380. The lowest BCUT2D eigenvalue weighted by Gasteiger charge is -2.22. The van der Waals surface area contributed by atoms with Gasteiger partial charge in [0.05, 0.1) is 17.0 Å². The third-order valence-electron chi connectivity index (χ3n) is 5.19. The largest absolute Gasteiger partial charge is 0.450 e. The molecule has 5 rings (SSSR count). The zero-order valence-electron chi connectivity index (χ0n) is 16.8. The van der Waals surface area contributed by atoms with E-state index in [1.165, 1.54) is 16.2 Å². The number of amides is 1. The molecule has 0 aliphatic carbocycles. The first-order chi connectivity index (χ1) is 14.9. The number of anilines is 1. The number of benzene rings is 2. The van der Waals surface area contributed by atoms with Crippen molar-refractivity contribution < 1.29 is 9.21 Å². The fraction of sp³-hybridized carbons (Fsp3) is 0.217. The number of hydrogen-bond donors (Lipinski definition) is 0. The van der Waals surface area contributed by atoms with E-state index < -0.39 is 11.9 Å². The van der Waals surface area contributed by atoms with Gasteiger partial charge in [0.15, 0.2) is 5.43 Å². The molecular formula is C23H18ClN3O3S. The molecule has 0 bridgehead atoms. The van der Waals surface area contributed by atoms with Crippen molar-refractivity contribution in [2.45, 2.75) is 26.3 Å². The SMILES string of the molecule is CC(C)Cc1nnc(N2C(=O)c3oc4ccccc4c(=O)c3[C@@H]2c2cccc(Cl)c2)s1. The van der Waals surface area contributed by atoms with Crippen molar-refractivity contribution in [2.24, 2.45) is 5.92 Å². The molecule has 8 heteroatoms. The van der Waals surface area contributed by atoms with Crippen molar-refractivity contribution in [3.05, 3.63) is 85.7 Å². The molecule has 1 amide bonds. The second-order valence-electron chi connectivity index (χ2n) is 7.88. The van der Waals surface area contributed by atoms with Crippen LogP contribution in [0, 0.1) is 5.92 Å². The average molecular weight is 452 g/mol. The van der Waals surface area contributed by atoms with E-state index in [1.54, 1.807) is 42.5 Å². The van der Waals surface area contributed by atoms with E-state index in [1.807, 2.05) is 6.07 Å². The highest BCUT2D eigenvalue weighted by molar-refractivity contribution is 7.15. The fourth-order valence-corrected chi connectivity index (χ4v) is 5.16. The van der Waals surface area contributed by atoms with Gasteiger partial charge in [-0.2, -0.15) is 0 Å². The number of fused-ring (bicyclic) bond motifs is 2. The zero-order chi connectivity index (χ0) is 21.7. The van der Waals surface area contributed by atoms with Crippen molar-refractivity contribution in [3.63, 3.8) is 0 Å². The second kappa shape index (κ2) is 7.59. The Labute approximate surface area is 187 Å². The smallest absolute Gasteiger partial charge is 0.297 e. The van der Waals surface area contributed by atoms with Gasteiger partial charge in [0.2, 0.25) is 10.9 Å². The highest BCUT2D eigenvalue weighted by Crippen LogP contribution is 2.42. The van der Waals surface area contributed by atoms with Gasteiger partial charge in [0.1, 0.15) is 10.6 Å². The Hall–Kier alpha value is -3.03. The van der Waals surface area contributed by atoms with Crippen molar-refractivity contribution in [1.82, 2.24) is 10.2 Å². The summed E-state index contributed by atoms with van der Waals surface area (Å²) < 4.78 is 5.93. The van der Waals surface area contributed by atoms with E-state index in [0.717, 1.165) is 11.4 Å². The summed E-state index contributed by atoms with van der Waals surface area (Å²) in [7, 11) is 0. The summed E-state index contributed by atoms with van der Waals surface area (Å²) in [5.74, 6) is 0.0360. The predicted octanol–water partition coefficient (Wildman–Crippen LogP) is 5.25. The fourth-order valence-electron chi connectivity index (χ4n) is 3.88. The summed E-state index contributed by atoms with van der Waals surface area (Å²) in [6.45, 7) is 4.20. The summed E-state index contributed by atoms with van der Waals surface area (Å²) in [5, 5.41) is 10.8. The van der Waals surface area contributed by atoms with Crippen LogP contribution in [0.3, 0.4) is 0 Å². The number of hydrogen-bond acceptors (Lipinski definition) is 6. The topological polar surface area (TPSA) is 76.3 Å². The molecule has 0 radical (unpaired) electrons. The molecule has 1 aliphatic rings. The van der Waals surface area contributed by atoms with E-state index in [9.17, 15) is 9.59 Å². The minimum Gasteiger partial charge on any atom is -0.450 e. The Morgan fingerprint density at radius 3 is 2.71 bits per heavy atom. The van der Waals surface area contributed by atoms with Crippen LogP contribution >= 0.6 is 22.9 Å². The Kier molecular flexibility index (Phi) is 4.87. The molecule has 2 aromatic heterocycles. The lowest BCUT2D eigenvalue weighted by molar-refractivity contribution is 0.0970. The Morgan fingerprint density at radius 2 is 1.94 bits per heavy atom. The van der Waals surface area contributed by atoms with Crippen molar-refractivity contribution in [2.75, 3.05) is 4.90 Å². The molecule has 0 unspecified atom stereocenters. The summed E-state index contributed by atoms with van der Waals surface area (Å²) in [5.41, 5.74) is 1.16. The van der Waals surface area contributed by atoms with Crippen LogP contribution in [0.2, 0.25) is 5.02 Å². The molecule has 6 nitrogen and oxygen atoms in total. The maximum Gasteiger partial charge on any atom is 0.297 e. The molecule has 4 aromatic rings. The number of carbonyl (C=O) groups excluding carboxylic acids is 1. The van der Waals surface area contributed by atoms with Crippen LogP contribution in [-0.2, 0) is 6.42 Å². The maximum atomic E-state index is 13.5. The van der Waals surface area contributed by atoms with Gasteiger partial charge in [-0.3, -0.25) is 14.5 Å². The molecule has 0 spiro atoms. The Morgan fingerprint density at radius 1 is 1.13 bits per heavy atom. The molecule has 31 heavy (non-hydrogen) atoms. The van der Waals surface area contributed by atoms with Crippen LogP contribution in [0.4, 0.5) is 5.13 Å². The van der Waals surface area contributed by atoms with Gasteiger partial charge in [-0.25, -0.2) is 0 Å².